The second-order valence-corrected chi connectivity index (χ2v) is 6.58. The van der Waals surface area contributed by atoms with E-state index in [-0.39, 0.29) is 6.04 Å². The minimum atomic E-state index is 0.126. The van der Waals surface area contributed by atoms with Crippen molar-refractivity contribution in [3.8, 4) is 0 Å². The maximum absolute atomic E-state index is 4.80. The first-order valence-corrected chi connectivity index (χ1v) is 9.35. The number of rotatable bonds is 8. The molecule has 0 aliphatic heterocycles. The molecule has 0 amide bonds. The van der Waals surface area contributed by atoms with E-state index >= 15 is 0 Å². The molecule has 27 heavy (non-hydrogen) atoms. The fourth-order valence-corrected chi connectivity index (χ4v) is 3.10. The smallest absolute Gasteiger partial charge is 0.0721 e. The fraction of sp³-hybridized carbons (Fsp3) is 0.160. The molecule has 0 aliphatic rings. The third-order valence-electron chi connectivity index (χ3n) is 4.56. The van der Waals surface area contributed by atoms with Crippen molar-refractivity contribution in [2.24, 2.45) is 4.99 Å². The van der Waals surface area contributed by atoms with Crippen molar-refractivity contribution >= 4 is 11.9 Å². The molecule has 0 fully saturated rings. The van der Waals surface area contributed by atoms with Crippen LogP contribution >= 0.6 is 0 Å². The fourth-order valence-electron chi connectivity index (χ4n) is 3.10. The zero-order chi connectivity index (χ0) is 18.9. The van der Waals surface area contributed by atoms with E-state index in [0.717, 1.165) is 18.7 Å². The van der Waals surface area contributed by atoms with E-state index < -0.39 is 0 Å². The summed E-state index contributed by atoms with van der Waals surface area (Å²) in [5.74, 6) is 0. The Morgan fingerprint density at radius 1 is 0.889 bits per heavy atom. The normalized spacial score (nSPS) is 12.0. The highest BCUT2D eigenvalue weighted by molar-refractivity contribution is 5.88. The second-order valence-electron chi connectivity index (χ2n) is 6.58. The first-order chi connectivity index (χ1) is 13.3. The van der Waals surface area contributed by atoms with Crippen molar-refractivity contribution in [1.29, 1.82) is 0 Å². The maximum Gasteiger partial charge on any atom is 0.0721 e. The van der Waals surface area contributed by atoms with Gasteiger partial charge in [-0.2, -0.15) is 0 Å². The molecule has 3 aromatic carbocycles. The Bertz CT molecular complexity index is 869. The highest BCUT2D eigenvalue weighted by Crippen LogP contribution is 2.23. The van der Waals surface area contributed by atoms with Gasteiger partial charge in [0.25, 0.3) is 0 Å². The zero-order valence-electron chi connectivity index (χ0n) is 15.8. The number of hydrogen-bond donors (Lipinski definition) is 0. The van der Waals surface area contributed by atoms with Gasteiger partial charge in [0.15, 0.2) is 0 Å². The third kappa shape index (κ3) is 5.18. The Labute approximate surface area is 162 Å². The Hall–Kier alpha value is -3.13. The molecular weight excluding hydrogens is 328 g/mol. The van der Waals surface area contributed by atoms with Gasteiger partial charge in [-0.25, -0.2) is 0 Å². The molecule has 1 unspecified atom stereocenters. The molecule has 3 aromatic rings. The lowest BCUT2D eigenvalue weighted by atomic mass is 10.1. The Morgan fingerprint density at radius 3 is 2.22 bits per heavy atom. The van der Waals surface area contributed by atoms with Crippen LogP contribution in [0.1, 0.15) is 29.7 Å². The summed E-state index contributed by atoms with van der Waals surface area (Å²) in [5, 5.41) is 0. The number of hydrogen-bond acceptors (Lipinski definition) is 2. The molecule has 0 heterocycles. The second kappa shape index (κ2) is 9.54. The van der Waals surface area contributed by atoms with Crippen LogP contribution in [0.3, 0.4) is 0 Å². The predicted molar refractivity (Wildman–Crippen MR) is 117 cm³/mol. The lowest BCUT2D eigenvalue weighted by Crippen LogP contribution is -2.23. The van der Waals surface area contributed by atoms with E-state index in [1.807, 2.05) is 24.4 Å². The average molecular weight is 354 g/mol. The van der Waals surface area contributed by atoms with Crippen LogP contribution in [0.15, 0.2) is 103 Å². The number of aliphatic imine (C=N–C) groups is 1. The van der Waals surface area contributed by atoms with Crippen LogP contribution in [0.4, 0.5) is 5.69 Å². The Balaban J connectivity index is 1.84. The lowest BCUT2D eigenvalue weighted by molar-refractivity contribution is 0.824. The Kier molecular flexibility index (Phi) is 6.59. The molecule has 0 bridgehead atoms. The SMILES string of the molecule is C=CCN(Cc1ccccc1)c1ccccc1C=NC(C)c1ccccc1. The van der Waals surface area contributed by atoms with Gasteiger partial charge in [0.1, 0.15) is 0 Å². The molecule has 2 nitrogen and oxygen atoms in total. The molecule has 0 spiro atoms. The minimum absolute atomic E-state index is 0.126. The van der Waals surface area contributed by atoms with E-state index in [1.165, 1.54) is 16.8 Å². The molecule has 0 saturated carbocycles. The minimum Gasteiger partial charge on any atom is -0.363 e. The number of para-hydroxylation sites is 1. The van der Waals surface area contributed by atoms with Gasteiger partial charge in [-0.15, -0.1) is 6.58 Å². The van der Waals surface area contributed by atoms with Crippen molar-refractivity contribution in [2.45, 2.75) is 19.5 Å². The van der Waals surface area contributed by atoms with Crippen LogP contribution in [0, 0.1) is 0 Å². The summed E-state index contributed by atoms with van der Waals surface area (Å²) in [7, 11) is 0. The summed E-state index contributed by atoms with van der Waals surface area (Å²) in [4.78, 5) is 7.13. The summed E-state index contributed by atoms with van der Waals surface area (Å²) in [6.07, 6.45) is 3.94. The molecule has 0 aliphatic carbocycles. The van der Waals surface area contributed by atoms with Gasteiger partial charge in [0.05, 0.1) is 6.04 Å². The number of anilines is 1. The zero-order valence-corrected chi connectivity index (χ0v) is 15.8. The van der Waals surface area contributed by atoms with E-state index in [9.17, 15) is 0 Å². The largest absolute Gasteiger partial charge is 0.363 e. The van der Waals surface area contributed by atoms with Gasteiger partial charge >= 0.3 is 0 Å². The summed E-state index contributed by atoms with van der Waals surface area (Å²) < 4.78 is 0. The highest BCUT2D eigenvalue weighted by Gasteiger charge is 2.10. The van der Waals surface area contributed by atoms with Gasteiger partial charge in [0, 0.05) is 30.6 Å². The summed E-state index contributed by atoms with van der Waals surface area (Å²) in [6.45, 7) is 7.69. The van der Waals surface area contributed by atoms with Gasteiger partial charge in [-0.05, 0) is 24.1 Å². The van der Waals surface area contributed by atoms with Crippen LogP contribution < -0.4 is 4.90 Å². The van der Waals surface area contributed by atoms with Crippen molar-refractivity contribution in [1.82, 2.24) is 0 Å². The molecule has 0 saturated heterocycles. The van der Waals surface area contributed by atoms with E-state index in [4.69, 9.17) is 4.99 Å². The van der Waals surface area contributed by atoms with Crippen LogP contribution in [0.2, 0.25) is 0 Å². The Morgan fingerprint density at radius 2 is 1.52 bits per heavy atom. The van der Waals surface area contributed by atoms with E-state index in [0.29, 0.717) is 0 Å². The molecule has 1 atom stereocenters. The quantitative estimate of drug-likeness (QED) is 0.355. The predicted octanol–water partition coefficient (Wildman–Crippen LogP) is 6.06. The van der Waals surface area contributed by atoms with E-state index in [1.54, 1.807) is 0 Å². The lowest BCUT2D eigenvalue weighted by Gasteiger charge is -2.25. The monoisotopic (exact) mass is 354 g/mol. The number of nitrogens with zero attached hydrogens (tertiary/aromatic N) is 2. The molecule has 0 aromatic heterocycles. The molecular formula is C25H26N2. The van der Waals surface area contributed by atoms with Gasteiger partial charge in [-0.1, -0.05) is 84.9 Å². The maximum atomic E-state index is 4.80. The van der Waals surface area contributed by atoms with Crippen LogP contribution in [0.5, 0.6) is 0 Å². The van der Waals surface area contributed by atoms with Crippen molar-refractivity contribution in [3.05, 3.63) is 114 Å². The van der Waals surface area contributed by atoms with Crippen LogP contribution in [-0.4, -0.2) is 12.8 Å². The average Bonchev–Trinajstić information content (AvgIpc) is 2.73. The third-order valence-corrected chi connectivity index (χ3v) is 4.56. The summed E-state index contributed by atoms with van der Waals surface area (Å²) in [6, 6.07) is 29.4. The van der Waals surface area contributed by atoms with E-state index in [2.05, 4.69) is 91.2 Å². The van der Waals surface area contributed by atoms with Crippen LogP contribution in [0.25, 0.3) is 0 Å². The summed E-state index contributed by atoms with van der Waals surface area (Å²) in [5.41, 5.74) is 4.80. The van der Waals surface area contributed by atoms with Crippen molar-refractivity contribution in [2.75, 3.05) is 11.4 Å². The van der Waals surface area contributed by atoms with Crippen molar-refractivity contribution in [3.63, 3.8) is 0 Å². The first kappa shape index (κ1) is 18.7. The standard InChI is InChI=1S/C25H26N2/c1-3-18-27(20-22-12-6-4-7-13-22)25-17-11-10-16-24(25)19-26-21(2)23-14-8-5-9-15-23/h3-17,19,21H,1,18,20H2,2H3. The molecule has 0 radical (unpaired) electrons. The molecule has 136 valence electrons. The van der Waals surface area contributed by atoms with Gasteiger partial charge in [0.2, 0.25) is 0 Å². The summed E-state index contributed by atoms with van der Waals surface area (Å²) >= 11 is 0. The van der Waals surface area contributed by atoms with Crippen LogP contribution in [-0.2, 0) is 6.54 Å². The van der Waals surface area contributed by atoms with Gasteiger partial charge in [-0.3, -0.25) is 4.99 Å². The molecule has 3 rings (SSSR count). The topological polar surface area (TPSA) is 15.6 Å². The number of benzene rings is 3. The molecule has 2 heteroatoms. The van der Waals surface area contributed by atoms with Crippen molar-refractivity contribution < 1.29 is 0 Å². The first-order valence-electron chi connectivity index (χ1n) is 9.35. The highest BCUT2D eigenvalue weighted by atomic mass is 15.1. The molecule has 0 N–H and O–H groups in total. The van der Waals surface area contributed by atoms with Gasteiger partial charge < -0.3 is 4.90 Å².